The molecule has 44 heavy (non-hydrogen) atoms. The van der Waals surface area contributed by atoms with Gasteiger partial charge in [0.25, 0.3) is 0 Å². The van der Waals surface area contributed by atoms with E-state index in [0.29, 0.717) is 0 Å². The largest absolute Gasteiger partial charge is 0.309 e. The zero-order chi connectivity index (χ0) is 29.0. The van der Waals surface area contributed by atoms with Gasteiger partial charge in [-0.15, -0.1) is 11.3 Å². The van der Waals surface area contributed by atoms with Crippen LogP contribution in [0.1, 0.15) is 0 Å². The van der Waals surface area contributed by atoms with Gasteiger partial charge in [-0.1, -0.05) is 121 Å². The van der Waals surface area contributed by atoms with Crippen molar-refractivity contribution < 1.29 is 0 Å². The number of hydrogen-bond donors (Lipinski definition) is 0. The van der Waals surface area contributed by atoms with E-state index in [0.717, 1.165) is 0 Å². The molecular formula is C42H27NS. The number of aromatic nitrogens is 1. The zero-order valence-corrected chi connectivity index (χ0v) is 24.8. The molecule has 0 aliphatic carbocycles. The van der Waals surface area contributed by atoms with E-state index in [1.165, 1.54) is 81.0 Å². The van der Waals surface area contributed by atoms with E-state index in [9.17, 15) is 0 Å². The van der Waals surface area contributed by atoms with Crippen LogP contribution in [0.2, 0.25) is 0 Å². The van der Waals surface area contributed by atoms with E-state index in [1.807, 2.05) is 11.3 Å². The lowest BCUT2D eigenvalue weighted by Crippen LogP contribution is -1.97. The first-order valence-corrected chi connectivity index (χ1v) is 15.8. The van der Waals surface area contributed by atoms with Gasteiger partial charge in [-0.25, -0.2) is 0 Å². The maximum atomic E-state index is 2.44. The fourth-order valence-electron chi connectivity index (χ4n) is 6.73. The molecule has 7 aromatic carbocycles. The van der Waals surface area contributed by atoms with E-state index < -0.39 is 0 Å². The number of para-hydroxylation sites is 2. The van der Waals surface area contributed by atoms with Gasteiger partial charge in [0.2, 0.25) is 0 Å². The Balaban J connectivity index is 1.20. The maximum absolute atomic E-state index is 2.44. The molecule has 1 nitrogen and oxygen atoms in total. The number of rotatable bonds is 4. The first kappa shape index (κ1) is 25.1. The highest BCUT2D eigenvalue weighted by atomic mass is 32.1. The van der Waals surface area contributed by atoms with Crippen LogP contribution in [0, 0.1) is 0 Å². The lowest BCUT2D eigenvalue weighted by molar-refractivity contribution is 1.18. The summed E-state index contributed by atoms with van der Waals surface area (Å²) in [4.78, 5) is 0. The Morgan fingerprint density at radius 1 is 0.341 bits per heavy atom. The Kier molecular flexibility index (Phi) is 5.75. The summed E-state index contributed by atoms with van der Waals surface area (Å²) >= 11 is 1.87. The number of hydrogen-bond acceptors (Lipinski definition) is 1. The highest BCUT2D eigenvalue weighted by Crippen LogP contribution is 2.40. The molecule has 0 saturated carbocycles. The summed E-state index contributed by atoms with van der Waals surface area (Å²) in [6, 6.07) is 59.7. The van der Waals surface area contributed by atoms with Gasteiger partial charge < -0.3 is 4.57 Å². The second-order valence-corrected chi connectivity index (χ2v) is 12.4. The molecule has 0 radical (unpaired) electrons. The first-order valence-electron chi connectivity index (χ1n) is 15.0. The number of fused-ring (bicyclic) bond motifs is 6. The quantitative estimate of drug-likeness (QED) is 0.196. The van der Waals surface area contributed by atoms with Crippen molar-refractivity contribution in [2.45, 2.75) is 0 Å². The molecule has 0 unspecified atom stereocenters. The Morgan fingerprint density at radius 3 is 1.91 bits per heavy atom. The number of benzene rings is 7. The van der Waals surface area contributed by atoms with E-state index in [1.54, 1.807) is 0 Å². The van der Waals surface area contributed by atoms with Gasteiger partial charge >= 0.3 is 0 Å². The molecule has 0 N–H and O–H groups in total. The Morgan fingerprint density at radius 2 is 0.977 bits per heavy atom. The van der Waals surface area contributed by atoms with Crippen molar-refractivity contribution in [3.05, 3.63) is 164 Å². The Labute approximate surface area is 259 Å². The minimum atomic E-state index is 1.18. The average molecular weight is 578 g/mol. The monoisotopic (exact) mass is 577 g/mol. The summed E-state index contributed by atoms with van der Waals surface area (Å²) in [6.07, 6.45) is 0. The highest BCUT2D eigenvalue weighted by Gasteiger charge is 2.16. The summed E-state index contributed by atoms with van der Waals surface area (Å²) in [5.74, 6) is 0. The third kappa shape index (κ3) is 4.00. The van der Waals surface area contributed by atoms with Gasteiger partial charge in [-0.05, 0) is 70.3 Å². The summed E-state index contributed by atoms with van der Waals surface area (Å²) in [5.41, 5.74) is 11.0. The topological polar surface area (TPSA) is 4.93 Å². The van der Waals surface area contributed by atoms with E-state index in [2.05, 4.69) is 168 Å². The zero-order valence-electron chi connectivity index (χ0n) is 23.9. The smallest absolute Gasteiger partial charge is 0.0541 e. The number of nitrogens with zero attached hydrogens (tertiary/aromatic N) is 1. The summed E-state index contributed by atoms with van der Waals surface area (Å²) in [7, 11) is 0. The minimum Gasteiger partial charge on any atom is -0.309 e. The molecule has 206 valence electrons. The summed E-state index contributed by atoms with van der Waals surface area (Å²) in [6.45, 7) is 0. The molecular weight excluding hydrogens is 551 g/mol. The second-order valence-electron chi connectivity index (χ2n) is 11.4. The van der Waals surface area contributed by atoms with Crippen LogP contribution in [0.15, 0.2) is 164 Å². The lowest BCUT2D eigenvalue weighted by atomic mass is 9.97. The normalized spacial score (nSPS) is 11.6. The van der Waals surface area contributed by atoms with E-state index in [4.69, 9.17) is 0 Å². The van der Waals surface area contributed by atoms with Gasteiger partial charge in [0.1, 0.15) is 0 Å². The van der Waals surface area contributed by atoms with Gasteiger partial charge in [0, 0.05) is 36.5 Å². The second kappa shape index (κ2) is 10.1. The van der Waals surface area contributed by atoms with Crippen LogP contribution in [0.3, 0.4) is 0 Å². The third-order valence-corrected chi connectivity index (χ3v) is 9.94. The van der Waals surface area contributed by atoms with Gasteiger partial charge in [0.05, 0.1) is 16.7 Å². The average Bonchev–Trinajstić information content (AvgIpc) is 3.63. The summed E-state index contributed by atoms with van der Waals surface area (Å²) < 4.78 is 5.10. The molecule has 9 aromatic rings. The van der Waals surface area contributed by atoms with Gasteiger partial charge in [0.15, 0.2) is 0 Å². The molecule has 0 aliphatic rings. The van der Waals surface area contributed by atoms with Crippen LogP contribution in [-0.2, 0) is 0 Å². The van der Waals surface area contributed by atoms with Crippen molar-refractivity contribution in [3.63, 3.8) is 0 Å². The van der Waals surface area contributed by atoms with Crippen molar-refractivity contribution in [1.82, 2.24) is 4.57 Å². The van der Waals surface area contributed by atoms with E-state index >= 15 is 0 Å². The van der Waals surface area contributed by atoms with Crippen molar-refractivity contribution in [1.29, 1.82) is 0 Å². The van der Waals surface area contributed by atoms with Crippen LogP contribution in [0.5, 0.6) is 0 Å². The van der Waals surface area contributed by atoms with Crippen molar-refractivity contribution in [2.75, 3.05) is 0 Å². The maximum Gasteiger partial charge on any atom is 0.0541 e. The third-order valence-electron chi connectivity index (χ3n) is 8.81. The molecule has 0 saturated heterocycles. The highest BCUT2D eigenvalue weighted by molar-refractivity contribution is 7.25. The van der Waals surface area contributed by atoms with Crippen molar-refractivity contribution in [2.24, 2.45) is 0 Å². The standard InChI is InChI=1S/C42H27NS/c1-2-11-28(12-3-1)30-22-24-40-37(26-30)34-16-5-8-19-39(34)43(40)38-18-7-4-15-33(38)32-14-10-13-29(25-32)31-21-23-36-35-17-6-9-20-41(35)44-42(36)27-31/h1-27H. The fourth-order valence-corrected chi connectivity index (χ4v) is 7.87. The first-order chi connectivity index (χ1) is 21.8. The molecule has 0 fully saturated rings. The van der Waals surface area contributed by atoms with Crippen LogP contribution in [0.25, 0.3) is 81.0 Å². The molecule has 0 spiro atoms. The number of thiophene rings is 1. The molecule has 0 aliphatic heterocycles. The van der Waals surface area contributed by atoms with Gasteiger partial charge in [-0.3, -0.25) is 0 Å². The summed E-state index contributed by atoms with van der Waals surface area (Å²) in [5, 5.41) is 5.20. The van der Waals surface area contributed by atoms with E-state index in [-0.39, 0.29) is 0 Å². The van der Waals surface area contributed by atoms with Crippen LogP contribution in [-0.4, -0.2) is 4.57 Å². The molecule has 2 heteroatoms. The lowest BCUT2D eigenvalue weighted by Gasteiger charge is -2.15. The molecule has 9 rings (SSSR count). The molecule has 2 aromatic heterocycles. The van der Waals surface area contributed by atoms with Crippen LogP contribution in [0.4, 0.5) is 0 Å². The minimum absolute atomic E-state index is 1.18. The Hall–Kier alpha value is -5.44. The molecule has 2 heterocycles. The van der Waals surface area contributed by atoms with Crippen molar-refractivity contribution >= 4 is 53.3 Å². The SMILES string of the molecule is c1ccc(-c2ccc3c(c2)c2ccccc2n3-c2ccccc2-c2cccc(-c3ccc4c(c3)sc3ccccc34)c2)cc1. The predicted molar refractivity (Wildman–Crippen MR) is 190 cm³/mol. The predicted octanol–water partition coefficient (Wildman–Crippen LogP) is 12.2. The molecule has 0 atom stereocenters. The van der Waals surface area contributed by atoms with Crippen molar-refractivity contribution in [3.8, 4) is 39.1 Å². The fraction of sp³-hybridized carbons (Fsp3) is 0. The van der Waals surface area contributed by atoms with Crippen LogP contribution < -0.4 is 0 Å². The Bertz CT molecular complexity index is 2500. The van der Waals surface area contributed by atoms with Crippen LogP contribution >= 0.6 is 11.3 Å². The van der Waals surface area contributed by atoms with Gasteiger partial charge in [-0.2, -0.15) is 0 Å². The molecule has 0 bridgehead atoms. The molecule has 0 amide bonds.